The molecule has 0 aliphatic rings. The average molecular weight is 289 g/mol. The van der Waals surface area contributed by atoms with Gasteiger partial charge in [0.15, 0.2) is 0 Å². The van der Waals surface area contributed by atoms with E-state index in [1.54, 1.807) is 0 Å². The molecule has 0 bridgehead atoms. The van der Waals surface area contributed by atoms with Crippen LogP contribution in [0.4, 0.5) is 23.8 Å². The van der Waals surface area contributed by atoms with Crippen molar-refractivity contribution in [2.75, 3.05) is 0 Å². The molecule has 1 aromatic carbocycles. The van der Waals surface area contributed by atoms with Gasteiger partial charge in [-0.1, -0.05) is 19.4 Å². The molecular formula is C8H5F6N3S. The number of hydrogen-bond acceptors (Lipinski definition) is 3. The Morgan fingerprint density at radius 1 is 1.00 bits per heavy atom. The Balaban J connectivity index is 3.03. The summed E-state index contributed by atoms with van der Waals surface area (Å²) in [6.07, 6.45) is 0. The molecule has 2 aromatic rings. The van der Waals surface area contributed by atoms with Crippen molar-refractivity contribution in [3.63, 3.8) is 0 Å². The largest absolute Gasteiger partial charge is 0.312 e. The summed E-state index contributed by atoms with van der Waals surface area (Å²) in [7, 11) is -10.0. The zero-order chi connectivity index (χ0) is 13.8. The van der Waals surface area contributed by atoms with E-state index in [1.807, 2.05) is 0 Å². The third kappa shape index (κ3) is 2.19. The lowest BCUT2D eigenvalue weighted by Crippen LogP contribution is -2.09. The maximum atomic E-state index is 13.1. The first-order chi connectivity index (χ1) is 7.88. The van der Waals surface area contributed by atoms with Crippen LogP contribution in [0.2, 0.25) is 0 Å². The van der Waals surface area contributed by atoms with Crippen molar-refractivity contribution >= 4 is 21.1 Å². The molecular weight excluding hydrogens is 284 g/mol. The highest BCUT2D eigenvalue weighted by molar-refractivity contribution is 8.46. The molecule has 0 N–H and O–H groups in total. The molecule has 0 unspecified atom stereocenters. The molecule has 10 heteroatoms. The van der Waals surface area contributed by atoms with Crippen molar-refractivity contribution in [1.29, 1.82) is 0 Å². The molecule has 0 radical (unpaired) electrons. The second-order valence-electron chi connectivity index (χ2n) is 3.64. The third-order valence-electron chi connectivity index (χ3n) is 2.18. The van der Waals surface area contributed by atoms with E-state index >= 15 is 0 Å². The summed E-state index contributed by atoms with van der Waals surface area (Å²) in [5, 5.41) is 8.72. The normalized spacial score (nSPS) is 16.4. The highest BCUT2D eigenvalue weighted by Gasteiger charge is 2.67. The lowest BCUT2D eigenvalue weighted by atomic mass is 10.2. The molecule has 3 nitrogen and oxygen atoms in total. The van der Waals surface area contributed by atoms with E-state index in [-0.39, 0.29) is 11.8 Å². The Kier molecular flexibility index (Phi) is 2.05. The summed E-state index contributed by atoms with van der Waals surface area (Å²) >= 11 is 0. The van der Waals surface area contributed by atoms with Gasteiger partial charge in [-0.15, -0.1) is 10.2 Å². The van der Waals surface area contributed by atoms with Gasteiger partial charge in [0.2, 0.25) is 0 Å². The summed E-state index contributed by atoms with van der Waals surface area (Å²) in [6, 6.07) is 0.372. The number of halogens is 6. The smallest absolute Gasteiger partial charge is 0.207 e. The quantitative estimate of drug-likeness (QED) is 0.741. The SMILES string of the molecule is Cc1nnnc2c(S(F)(F)(F)(F)F)cc(F)cc12. The summed E-state index contributed by atoms with van der Waals surface area (Å²) in [4.78, 5) is -2.39. The van der Waals surface area contributed by atoms with Gasteiger partial charge in [0, 0.05) is 5.39 Å². The van der Waals surface area contributed by atoms with Crippen molar-refractivity contribution in [3.05, 3.63) is 23.6 Å². The average Bonchev–Trinajstić information content (AvgIpc) is 2.15. The fourth-order valence-electron chi connectivity index (χ4n) is 1.44. The van der Waals surface area contributed by atoms with Crippen LogP contribution in [-0.4, -0.2) is 15.4 Å². The monoisotopic (exact) mass is 289 g/mol. The first-order valence-corrected chi connectivity index (χ1v) is 6.37. The van der Waals surface area contributed by atoms with Gasteiger partial charge in [0.25, 0.3) is 0 Å². The topological polar surface area (TPSA) is 38.7 Å². The maximum Gasteiger partial charge on any atom is 0.312 e. The molecule has 0 aliphatic carbocycles. The molecule has 2 rings (SSSR count). The molecule has 0 aliphatic heterocycles. The predicted molar refractivity (Wildman–Crippen MR) is 53.4 cm³/mol. The van der Waals surface area contributed by atoms with E-state index in [2.05, 4.69) is 15.4 Å². The number of fused-ring (bicyclic) bond motifs is 1. The number of hydrogen-bond donors (Lipinski definition) is 0. The van der Waals surface area contributed by atoms with Crippen LogP contribution >= 0.6 is 10.2 Å². The van der Waals surface area contributed by atoms with Crippen molar-refractivity contribution in [2.45, 2.75) is 11.8 Å². The molecule has 0 fully saturated rings. The van der Waals surface area contributed by atoms with E-state index in [9.17, 15) is 23.8 Å². The van der Waals surface area contributed by atoms with Gasteiger partial charge in [-0.05, 0) is 24.3 Å². The van der Waals surface area contributed by atoms with E-state index in [1.165, 1.54) is 6.92 Å². The van der Waals surface area contributed by atoms with Gasteiger partial charge in [0.1, 0.15) is 16.2 Å². The van der Waals surface area contributed by atoms with Gasteiger partial charge in [-0.2, -0.15) is 0 Å². The van der Waals surface area contributed by atoms with Gasteiger partial charge in [-0.25, -0.2) is 4.39 Å². The lowest BCUT2D eigenvalue weighted by molar-refractivity contribution is 0.364. The first-order valence-electron chi connectivity index (χ1n) is 4.42. The first kappa shape index (κ1) is 12.9. The van der Waals surface area contributed by atoms with E-state index in [0.29, 0.717) is 6.07 Å². The maximum absolute atomic E-state index is 13.1. The number of nitrogens with zero attached hydrogens (tertiary/aromatic N) is 3. The minimum Gasteiger partial charge on any atom is -0.207 e. The summed E-state index contributed by atoms with van der Waals surface area (Å²) in [5.41, 5.74) is -1.23. The zero-order valence-corrected chi connectivity index (χ0v) is 9.49. The predicted octanol–water partition coefficient (Wildman–Crippen LogP) is 4.13. The minimum absolute atomic E-state index is 0.123. The van der Waals surface area contributed by atoms with Crippen LogP contribution in [0.5, 0.6) is 0 Å². The molecule has 0 atom stereocenters. The third-order valence-corrected chi connectivity index (χ3v) is 3.33. The molecule has 1 heterocycles. The number of benzene rings is 1. The second kappa shape index (κ2) is 2.87. The van der Waals surface area contributed by atoms with Gasteiger partial charge >= 0.3 is 10.2 Å². The van der Waals surface area contributed by atoms with Gasteiger partial charge in [-0.3, -0.25) is 0 Å². The Morgan fingerprint density at radius 2 is 1.61 bits per heavy atom. The van der Waals surface area contributed by atoms with Crippen molar-refractivity contribution in [1.82, 2.24) is 15.4 Å². The molecule has 0 saturated carbocycles. The summed E-state index contributed by atoms with van der Waals surface area (Å²) in [6.45, 7) is 1.21. The van der Waals surface area contributed by atoms with Crippen molar-refractivity contribution in [3.8, 4) is 0 Å². The van der Waals surface area contributed by atoms with Crippen LogP contribution in [-0.2, 0) is 0 Å². The minimum atomic E-state index is -10.0. The summed E-state index contributed by atoms with van der Waals surface area (Å²) in [5.74, 6) is -1.44. The summed E-state index contributed by atoms with van der Waals surface area (Å²) < 4.78 is 76.7. The van der Waals surface area contributed by atoms with Gasteiger partial charge < -0.3 is 0 Å². The molecule has 1 aromatic heterocycles. The molecule has 0 saturated heterocycles. The zero-order valence-electron chi connectivity index (χ0n) is 8.67. The highest BCUT2D eigenvalue weighted by atomic mass is 32.5. The molecule has 0 amide bonds. The van der Waals surface area contributed by atoms with Crippen LogP contribution in [0.1, 0.15) is 5.69 Å². The lowest BCUT2D eigenvalue weighted by Gasteiger charge is -2.40. The van der Waals surface area contributed by atoms with E-state index in [0.717, 1.165) is 0 Å². The Hall–Kier alpha value is -1.58. The van der Waals surface area contributed by atoms with Crippen LogP contribution in [0.25, 0.3) is 10.9 Å². The van der Waals surface area contributed by atoms with Crippen LogP contribution < -0.4 is 0 Å². The fourth-order valence-corrected chi connectivity index (χ4v) is 2.29. The molecule has 0 spiro atoms. The van der Waals surface area contributed by atoms with Crippen LogP contribution in [0.15, 0.2) is 17.0 Å². The molecule has 100 valence electrons. The Bertz CT molecular complexity index is 653. The van der Waals surface area contributed by atoms with E-state index in [4.69, 9.17) is 0 Å². The van der Waals surface area contributed by atoms with Gasteiger partial charge in [0.05, 0.1) is 5.69 Å². The van der Waals surface area contributed by atoms with Crippen molar-refractivity contribution < 1.29 is 23.8 Å². The highest BCUT2D eigenvalue weighted by Crippen LogP contribution is 3.02. The standard InChI is InChI=1S/C8H5F6N3S/c1-4-6-2-5(9)3-7(8(6)16-17-15-4)18(10,11,12,13)14/h2-3H,1H3. The van der Waals surface area contributed by atoms with Crippen LogP contribution in [0, 0.1) is 12.7 Å². The Labute approximate surface area is 96.5 Å². The van der Waals surface area contributed by atoms with E-state index < -0.39 is 31.8 Å². The fraction of sp³-hybridized carbons (Fsp3) is 0.125. The number of aromatic nitrogens is 3. The van der Waals surface area contributed by atoms with Crippen molar-refractivity contribution in [2.24, 2.45) is 0 Å². The second-order valence-corrected chi connectivity index (χ2v) is 6.02. The van der Waals surface area contributed by atoms with Crippen LogP contribution in [0.3, 0.4) is 0 Å². The number of aryl methyl sites for hydroxylation is 1. The number of rotatable bonds is 1. The Morgan fingerprint density at radius 3 is 2.17 bits per heavy atom. The molecule has 18 heavy (non-hydrogen) atoms.